The minimum Gasteiger partial charge on any atom is -0.467 e. The second-order valence-corrected chi connectivity index (χ2v) is 4.58. The molecule has 0 N–H and O–H groups in total. The molecule has 0 bridgehead atoms. The number of carbonyl (C=O) groups is 2. The number of hydrogen-bond donors (Lipinski definition) is 0. The second kappa shape index (κ2) is 5.49. The van der Waals surface area contributed by atoms with Crippen LogP contribution in [0.25, 0.3) is 5.52 Å². The zero-order chi connectivity index (χ0) is 14.8. The molecule has 3 heterocycles. The fourth-order valence-electron chi connectivity index (χ4n) is 2.33. The van der Waals surface area contributed by atoms with Crippen molar-refractivity contribution in [2.24, 2.45) is 0 Å². The average Bonchev–Trinajstić information content (AvgIpc) is 2.97. The zero-order valence-electron chi connectivity index (χ0n) is 11.4. The first kappa shape index (κ1) is 13.5. The van der Waals surface area contributed by atoms with E-state index in [1.807, 2.05) is 0 Å². The van der Waals surface area contributed by atoms with Gasteiger partial charge in [-0.2, -0.15) is 5.10 Å². The van der Waals surface area contributed by atoms with Crippen LogP contribution in [0.15, 0.2) is 24.8 Å². The molecule has 0 spiro atoms. The summed E-state index contributed by atoms with van der Waals surface area (Å²) >= 11 is 0. The lowest BCUT2D eigenvalue weighted by Crippen LogP contribution is -2.53. The van der Waals surface area contributed by atoms with Gasteiger partial charge in [-0.25, -0.2) is 9.31 Å². The van der Waals surface area contributed by atoms with Crippen molar-refractivity contribution in [3.8, 4) is 0 Å². The van der Waals surface area contributed by atoms with E-state index in [1.165, 1.54) is 18.2 Å². The Morgan fingerprint density at radius 3 is 3.10 bits per heavy atom. The zero-order valence-corrected chi connectivity index (χ0v) is 11.4. The molecule has 1 atom stereocenters. The summed E-state index contributed by atoms with van der Waals surface area (Å²) < 4.78 is 11.6. The fraction of sp³-hybridized carbons (Fsp3) is 0.385. The van der Waals surface area contributed by atoms with Crippen LogP contribution in [0.3, 0.4) is 0 Å². The monoisotopic (exact) mass is 290 g/mol. The first-order valence-electron chi connectivity index (χ1n) is 6.46. The number of esters is 1. The number of methoxy groups -OCH3 is 1. The normalized spacial score (nSPS) is 18.7. The van der Waals surface area contributed by atoms with Gasteiger partial charge >= 0.3 is 5.97 Å². The van der Waals surface area contributed by atoms with E-state index in [1.54, 1.807) is 23.1 Å². The van der Waals surface area contributed by atoms with E-state index < -0.39 is 12.0 Å². The standard InChI is InChI=1S/C13H14N4O4/c1-20-13(19)11-8-21-5-4-16(11)12(18)9-6-15-17-3-2-14-7-10(9)17/h2-3,6-7,11H,4-5,8H2,1H3. The van der Waals surface area contributed by atoms with Gasteiger partial charge in [0.25, 0.3) is 5.91 Å². The number of fused-ring (bicyclic) bond motifs is 1. The maximum atomic E-state index is 12.7. The first-order chi connectivity index (χ1) is 10.2. The molecule has 8 heteroatoms. The Balaban J connectivity index is 1.94. The van der Waals surface area contributed by atoms with Crippen LogP contribution >= 0.6 is 0 Å². The molecule has 8 nitrogen and oxygen atoms in total. The number of carbonyl (C=O) groups excluding carboxylic acids is 2. The highest BCUT2D eigenvalue weighted by Crippen LogP contribution is 2.17. The molecule has 2 aromatic heterocycles. The number of aromatic nitrogens is 3. The van der Waals surface area contributed by atoms with E-state index in [0.717, 1.165) is 0 Å². The summed E-state index contributed by atoms with van der Waals surface area (Å²) in [6.45, 7) is 0.850. The molecule has 0 aliphatic carbocycles. The van der Waals surface area contributed by atoms with Gasteiger partial charge in [0.2, 0.25) is 0 Å². The van der Waals surface area contributed by atoms with Gasteiger partial charge in [0, 0.05) is 18.9 Å². The van der Waals surface area contributed by atoms with E-state index in [4.69, 9.17) is 9.47 Å². The Morgan fingerprint density at radius 2 is 2.29 bits per heavy atom. The third-order valence-electron chi connectivity index (χ3n) is 3.42. The van der Waals surface area contributed by atoms with Gasteiger partial charge in [-0.1, -0.05) is 0 Å². The maximum absolute atomic E-state index is 12.7. The number of morpholine rings is 1. The number of rotatable bonds is 2. The number of ether oxygens (including phenoxy) is 2. The van der Waals surface area contributed by atoms with Crippen LogP contribution in [0.4, 0.5) is 0 Å². The van der Waals surface area contributed by atoms with Crippen LogP contribution in [0.2, 0.25) is 0 Å². The molecule has 1 aliphatic heterocycles. The van der Waals surface area contributed by atoms with Crippen LogP contribution in [0.1, 0.15) is 10.4 Å². The number of nitrogens with zero attached hydrogens (tertiary/aromatic N) is 4. The summed E-state index contributed by atoms with van der Waals surface area (Å²) in [6.07, 6.45) is 6.28. The molecular formula is C13H14N4O4. The smallest absolute Gasteiger partial charge is 0.331 e. The summed E-state index contributed by atoms with van der Waals surface area (Å²) in [5, 5.41) is 4.11. The van der Waals surface area contributed by atoms with Crippen molar-refractivity contribution >= 4 is 17.4 Å². The summed E-state index contributed by atoms with van der Waals surface area (Å²) in [7, 11) is 1.29. The molecule has 1 unspecified atom stereocenters. The molecule has 0 saturated carbocycles. The Labute approximate surface area is 120 Å². The highest BCUT2D eigenvalue weighted by molar-refractivity contribution is 6.02. The lowest BCUT2D eigenvalue weighted by atomic mass is 10.1. The molecule has 110 valence electrons. The Morgan fingerprint density at radius 1 is 1.43 bits per heavy atom. The van der Waals surface area contributed by atoms with Crippen LogP contribution in [0.5, 0.6) is 0 Å². The molecule has 1 saturated heterocycles. The highest BCUT2D eigenvalue weighted by atomic mass is 16.5. The molecular weight excluding hydrogens is 276 g/mol. The van der Waals surface area contributed by atoms with Crippen LogP contribution in [0, 0.1) is 0 Å². The average molecular weight is 290 g/mol. The fourth-order valence-corrected chi connectivity index (χ4v) is 2.33. The molecule has 1 amide bonds. The minimum absolute atomic E-state index is 0.135. The summed E-state index contributed by atoms with van der Waals surface area (Å²) in [4.78, 5) is 29.9. The van der Waals surface area contributed by atoms with Crippen molar-refractivity contribution < 1.29 is 19.1 Å². The summed E-state index contributed by atoms with van der Waals surface area (Å²) in [5.74, 6) is -0.769. The molecule has 0 aromatic carbocycles. The van der Waals surface area contributed by atoms with E-state index >= 15 is 0 Å². The lowest BCUT2D eigenvalue weighted by Gasteiger charge is -2.33. The van der Waals surface area contributed by atoms with Gasteiger partial charge in [0.1, 0.15) is 0 Å². The number of amides is 1. The second-order valence-electron chi connectivity index (χ2n) is 4.58. The molecule has 21 heavy (non-hydrogen) atoms. The summed E-state index contributed by atoms with van der Waals surface area (Å²) in [6, 6.07) is -0.733. The first-order valence-corrected chi connectivity index (χ1v) is 6.46. The van der Waals surface area contributed by atoms with Crippen LogP contribution < -0.4 is 0 Å². The van der Waals surface area contributed by atoms with Crippen molar-refractivity contribution in [2.75, 3.05) is 26.9 Å². The van der Waals surface area contributed by atoms with Gasteiger partial charge in [-0.15, -0.1) is 0 Å². The predicted octanol–water partition coefficient (Wildman–Crippen LogP) is -0.257. The Hall–Kier alpha value is -2.48. The van der Waals surface area contributed by atoms with Crippen molar-refractivity contribution in [1.29, 1.82) is 0 Å². The topological polar surface area (TPSA) is 86.0 Å². The predicted molar refractivity (Wildman–Crippen MR) is 70.6 cm³/mol. The lowest BCUT2D eigenvalue weighted by molar-refractivity contribution is -0.151. The third kappa shape index (κ3) is 2.33. The minimum atomic E-state index is -0.733. The quantitative estimate of drug-likeness (QED) is 0.709. The summed E-state index contributed by atoms with van der Waals surface area (Å²) in [5.41, 5.74) is 0.997. The van der Waals surface area contributed by atoms with Crippen molar-refractivity contribution in [3.05, 3.63) is 30.4 Å². The Kier molecular flexibility index (Phi) is 3.53. The Bertz CT molecular complexity index is 684. The maximum Gasteiger partial charge on any atom is 0.331 e. The third-order valence-corrected chi connectivity index (χ3v) is 3.42. The van der Waals surface area contributed by atoms with Crippen LogP contribution in [-0.4, -0.2) is 64.3 Å². The van der Waals surface area contributed by atoms with Crippen molar-refractivity contribution in [2.45, 2.75) is 6.04 Å². The molecule has 1 aliphatic rings. The van der Waals surface area contributed by atoms with Gasteiger partial charge in [-0.05, 0) is 0 Å². The van der Waals surface area contributed by atoms with Gasteiger partial charge in [0.05, 0.1) is 43.8 Å². The molecule has 2 aromatic rings. The highest BCUT2D eigenvalue weighted by Gasteiger charge is 2.35. The number of hydrogen-bond acceptors (Lipinski definition) is 6. The van der Waals surface area contributed by atoms with Crippen molar-refractivity contribution in [3.63, 3.8) is 0 Å². The van der Waals surface area contributed by atoms with Crippen molar-refractivity contribution in [1.82, 2.24) is 19.5 Å². The van der Waals surface area contributed by atoms with E-state index in [9.17, 15) is 9.59 Å². The van der Waals surface area contributed by atoms with Gasteiger partial charge < -0.3 is 14.4 Å². The largest absolute Gasteiger partial charge is 0.467 e. The van der Waals surface area contributed by atoms with Gasteiger partial charge in [-0.3, -0.25) is 9.78 Å². The molecule has 0 radical (unpaired) electrons. The van der Waals surface area contributed by atoms with E-state index in [0.29, 0.717) is 24.2 Å². The van der Waals surface area contributed by atoms with Gasteiger partial charge in [0.15, 0.2) is 6.04 Å². The molecule has 1 fully saturated rings. The molecule has 3 rings (SSSR count). The SMILES string of the molecule is COC(=O)C1COCCN1C(=O)c1cnn2ccncc12. The van der Waals surface area contributed by atoms with E-state index in [2.05, 4.69) is 10.1 Å². The van der Waals surface area contributed by atoms with Crippen LogP contribution in [-0.2, 0) is 14.3 Å². The van der Waals surface area contributed by atoms with E-state index in [-0.39, 0.29) is 12.5 Å².